The number of nitrogens with zero attached hydrogens (tertiary/aromatic N) is 1. The molecule has 3 aliphatic carbocycles. The monoisotopic (exact) mass is 285 g/mol. The molecule has 1 amide bonds. The molecule has 5 atom stereocenters. The van der Waals surface area contributed by atoms with Crippen LogP contribution >= 0.6 is 0 Å². The van der Waals surface area contributed by atoms with Crippen molar-refractivity contribution < 1.29 is 4.79 Å². The van der Waals surface area contributed by atoms with Gasteiger partial charge in [-0.1, -0.05) is 32.1 Å². The smallest absolute Gasteiger partial charge is 0.232 e. The maximum absolute atomic E-state index is 12.5. The van der Waals surface area contributed by atoms with Crippen LogP contribution in [-0.4, -0.2) is 17.9 Å². The van der Waals surface area contributed by atoms with Crippen LogP contribution in [0, 0.1) is 35.0 Å². The molecule has 2 nitrogen and oxygen atoms in total. The number of rotatable bonds is 0. The lowest BCUT2D eigenvalue weighted by atomic mass is 9.56. The molecule has 1 heterocycles. The lowest BCUT2D eigenvalue weighted by molar-refractivity contribution is -0.143. The first-order valence-corrected chi connectivity index (χ1v) is 8.64. The summed E-state index contributed by atoms with van der Waals surface area (Å²) >= 11 is 0. The van der Waals surface area contributed by atoms with E-state index in [0.717, 1.165) is 30.1 Å². The van der Waals surface area contributed by atoms with Crippen molar-refractivity contribution in [1.29, 1.82) is 0 Å². The number of amides is 1. The molecule has 2 fully saturated rings. The summed E-state index contributed by atoms with van der Waals surface area (Å²) in [5, 5.41) is 0. The molecule has 0 N–H and O–H groups in total. The zero-order valence-corrected chi connectivity index (χ0v) is 13.5. The quantitative estimate of drug-likeness (QED) is 0.616. The third-order valence-corrected chi connectivity index (χ3v) is 6.77. The Hall–Kier alpha value is -1.05. The van der Waals surface area contributed by atoms with Crippen LogP contribution in [0.15, 0.2) is 23.9 Å². The predicted molar refractivity (Wildman–Crippen MR) is 84.3 cm³/mol. The van der Waals surface area contributed by atoms with Gasteiger partial charge in [-0.15, -0.1) is 0 Å². The van der Waals surface area contributed by atoms with Crippen LogP contribution in [0.25, 0.3) is 0 Å². The summed E-state index contributed by atoms with van der Waals surface area (Å²) in [5.74, 6) is 4.30. The van der Waals surface area contributed by atoms with Gasteiger partial charge in [0.1, 0.15) is 0 Å². The third-order valence-electron chi connectivity index (χ3n) is 6.77. The number of hydrogen-bond acceptors (Lipinski definition) is 1. The Bertz CT molecular complexity index is 530. The molecule has 1 aliphatic heterocycles. The van der Waals surface area contributed by atoms with Gasteiger partial charge in [0.25, 0.3) is 0 Å². The van der Waals surface area contributed by atoms with Crippen molar-refractivity contribution in [2.75, 3.05) is 7.05 Å². The van der Waals surface area contributed by atoms with Gasteiger partial charge in [0.2, 0.25) is 5.91 Å². The van der Waals surface area contributed by atoms with Gasteiger partial charge in [0.15, 0.2) is 0 Å². The van der Waals surface area contributed by atoms with Crippen molar-refractivity contribution in [3.05, 3.63) is 23.9 Å². The van der Waals surface area contributed by atoms with E-state index < -0.39 is 0 Å². The average molecular weight is 285 g/mol. The Labute approximate surface area is 128 Å². The van der Waals surface area contributed by atoms with Crippen LogP contribution in [0.3, 0.4) is 0 Å². The van der Waals surface area contributed by atoms with E-state index in [1.807, 2.05) is 11.9 Å². The number of allylic oxidation sites excluding steroid dienone is 4. The summed E-state index contributed by atoms with van der Waals surface area (Å²) < 4.78 is 0. The van der Waals surface area contributed by atoms with Crippen molar-refractivity contribution in [2.24, 2.45) is 35.0 Å². The maximum Gasteiger partial charge on any atom is 0.232 e. The molecule has 114 valence electrons. The van der Waals surface area contributed by atoms with Crippen molar-refractivity contribution in [3.8, 4) is 0 Å². The van der Waals surface area contributed by atoms with E-state index in [1.165, 1.54) is 31.4 Å². The summed E-state index contributed by atoms with van der Waals surface area (Å²) in [6.07, 6.45) is 13.5. The highest BCUT2D eigenvalue weighted by Crippen LogP contribution is 2.56. The predicted octanol–water partition coefficient (Wildman–Crippen LogP) is 4.00. The fraction of sp³-hybridized carbons (Fsp3) is 0.737. The minimum atomic E-state index is -0.191. The molecule has 0 spiro atoms. The van der Waals surface area contributed by atoms with Crippen LogP contribution in [0.4, 0.5) is 0 Å². The Balaban J connectivity index is 1.67. The first-order valence-electron chi connectivity index (χ1n) is 8.64. The topological polar surface area (TPSA) is 20.3 Å². The number of likely N-dealkylation sites (tertiary alicyclic amines) is 1. The van der Waals surface area contributed by atoms with Gasteiger partial charge in [-0.05, 0) is 55.8 Å². The van der Waals surface area contributed by atoms with E-state index in [0.29, 0.717) is 11.8 Å². The van der Waals surface area contributed by atoms with Crippen LogP contribution in [-0.2, 0) is 4.79 Å². The zero-order valence-electron chi connectivity index (χ0n) is 13.5. The van der Waals surface area contributed by atoms with Crippen molar-refractivity contribution in [2.45, 2.75) is 46.0 Å². The SMILES string of the molecule is CN1C(=O)C(C)(C)CC2C1=CCC1C3CC=CC3CCC21. The molecule has 4 aliphatic rings. The summed E-state index contributed by atoms with van der Waals surface area (Å²) in [7, 11) is 1.99. The molecule has 0 aromatic rings. The second kappa shape index (κ2) is 4.47. The van der Waals surface area contributed by atoms with Crippen molar-refractivity contribution in [1.82, 2.24) is 4.90 Å². The summed E-state index contributed by atoms with van der Waals surface area (Å²) in [4.78, 5) is 14.5. The van der Waals surface area contributed by atoms with E-state index in [2.05, 4.69) is 32.1 Å². The first kappa shape index (κ1) is 13.6. The van der Waals surface area contributed by atoms with E-state index in [-0.39, 0.29) is 5.41 Å². The Morgan fingerprint density at radius 3 is 2.76 bits per heavy atom. The number of carbonyl (C=O) groups excluding carboxylic acids is 1. The molecule has 4 rings (SSSR count). The average Bonchev–Trinajstić information content (AvgIpc) is 2.93. The fourth-order valence-corrected chi connectivity index (χ4v) is 5.77. The van der Waals surface area contributed by atoms with Gasteiger partial charge in [0.05, 0.1) is 0 Å². The largest absolute Gasteiger partial charge is 0.319 e. The molecular formula is C19H27NO. The van der Waals surface area contributed by atoms with Gasteiger partial charge in [0, 0.05) is 24.1 Å². The van der Waals surface area contributed by atoms with Gasteiger partial charge in [-0.2, -0.15) is 0 Å². The fourth-order valence-electron chi connectivity index (χ4n) is 5.77. The van der Waals surface area contributed by atoms with Crippen LogP contribution in [0.5, 0.6) is 0 Å². The molecule has 1 saturated carbocycles. The number of piperidine rings is 1. The molecule has 0 bridgehead atoms. The highest BCUT2D eigenvalue weighted by atomic mass is 16.2. The van der Waals surface area contributed by atoms with Crippen molar-refractivity contribution >= 4 is 5.91 Å². The molecule has 5 unspecified atom stereocenters. The van der Waals surface area contributed by atoms with Crippen molar-refractivity contribution in [3.63, 3.8) is 0 Å². The Kier molecular flexibility index (Phi) is 2.90. The molecule has 0 radical (unpaired) electrons. The zero-order chi connectivity index (χ0) is 14.8. The van der Waals surface area contributed by atoms with Gasteiger partial charge >= 0.3 is 0 Å². The van der Waals surface area contributed by atoms with Gasteiger partial charge in [-0.25, -0.2) is 0 Å². The lowest BCUT2D eigenvalue weighted by Gasteiger charge is -2.52. The number of carbonyl (C=O) groups is 1. The van der Waals surface area contributed by atoms with E-state index in [9.17, 15) is 4.79 Å². The van der Waals surface area contributed by atoms with Crippen LogP contribution in [0.2, 0.25) is 0 Å². The highest BCUT2D eigenvalue weighted by Gasteiger charge is 2.51. The van der Waals surface area contributed by atoms with Gasteiger partial charge < -0.3 is 4.90 Å². The standard InChI is InChI=1S/C19H27NO/c1-19(2)11-16-15-8-7-12-5-4-6-13(12)14(15)9-10-17(16)20(3)18(19)21/h4-5,10,12-16H,6-9,11H2,1-3H3. The Morgan fingerprint density at radius 2 is 1.95 bits per heavy atom. The number of fused-ring (bicyclic) bond motifs is 5. The minimum absolute atomic E-state index is 0.191. The summed E-state index contributed by atoms with van der Waals surface area (Å²) in [5.41, 5.74) is 1.15. The van der Waals surface area contributed by atoms with Gasteiger partial charge in [-0.3, -0.25) is 4.79 Å². The maximum atomic E-state index is 12.5. The molecule has 1 saturated heterocycles. The van der Waals surface area contributed by atoms with Crippen LogP contribution in [0.1, 0.15) is 46.0 Å². The second-order valence-corrected chi connectivity index (χ2v) is 8.32. The van der Waals surface area contributed by atoms with E-state index >= 15 is 0 Å². The number of hydrogen-bond donors (Lipinski definition) is 0. The molecule has 0 aromatic carbocycles. The normalized spacial score (nSPS) is 44.0. The highest BCUT2D eigenvalue weighted by molar-refractivity contribution is 5.84. The van der Waals surface area contributed by atoms with Crippen LogP contribution < -0.4 is 0 Å². The van der Waals surface area contributed by atoms with E-state index in [1.54, 1.807) is 0 Å². The lowest BCUT2D eigenvalue weighted by Crippen LogP contribution is -2.51. The molecular weight excluding hydrogens is 258 g/mol. The molecule has 21 heavy (non-hydrogen) atoms. The molecule has 2 heteroatoms. The Morgan fingerprint density at radius 1 is 1.14 bits per heavy atom. The summed E-state index contributed by atoms with van der Waals surface area (Å²) in [6.45, 7) is 4.27. The molecule has 0 aromatic heterocycles. The van der Waals surface area contributed by atoms with E-state index in [4.69, 9.17) is 0 Å². The third kappa shape index (κ3) is 1.87. The minimum Gasteiger partial charge on any atom is -0.319 e. The second-order valence-electron chi connectivity index (χ2n) is 8.32. The summed E-state index contributed by atoms with van der Waals surface area (Å²) in [6, 6.07) is 0. The first-order chi connectivity index (χ1) is 9.99.